The van der Waals surface area contributed by atoms with Gasteiger partial charge in [0.05, 0.1) is 41.2 Å². The molecule has 0 aliphatic rings. The molecule has 1 aromatic heterocycles. The van der Waals surface area contributed by atoms with E-state index in [1.54, 1.807) is 22.9 Å². The highest BCUT2D eigenvalue weighted by Crippen LogP contribution is 2.39. The Kier molecular flexibility index (Phi) is 9.99. The molecule has 4 rings (SSSR count). The van der Waals surface area contributed by atoms with Crippen LogP contribution in [0.2, 0.25) is 10.0 Å². The third-order valence-corrected chi connectivity index (χ3v) is 8.50. The fraction of sp³-hybridized carbons (Fsp3) is 0.233. The number of ether oxygens (including phenoxy) is 1. The van der Waals surface area contributed by atoms with Crippen LogP contribution in [0.1, 0.15) is 47.4 Å². The first-order chi connectivity index (χ1) is 20.3. The number of imidazole rings is 1. The second-order valence-electron chi connectivity index (χ2n) is 9.94. The minimum Gasteiger partial charge on any atom is -0.494 e. The minimum atomic E-state index is -1.12. The predicted octanol–water partition coefficient (Wildman–Crippen LogP) is 7.43. The molecule has 226 valence electrons. The number of hydrogen-bond donors (Lipinski definition) is 2. The summed E-state index contributed by atoms with van der Waals surface area (Å²) in [6.07, 6.45) is 1.29. The van der Waals surface area contributed by atoms with Crippen LogP contribution in [0.5, 0.6) is 5.75 Å². The van der Waals surface area contributed by atoms with Crippen molar-refractivity contribution in [2.24, 2.45) is 0 Å². The number of aromatic nitrogens is 2. The average Bonchev–Trinajstić information content (AvgIpc) is 3.38. The van der Waals surface area contributed by atoms with Crippen LogP contribution in [0, 0.1) is 17.5 Å². The highest BCUT2D eigenvalue weighted by Gasteiger charge is 2.30. The number of halogens is 5. The second-order valence-corrected chi connectivity index (χ2v) is 11.7. The molecule has 0 spiro atoms. The zero-order chi connectivity index (χ0) is 31.5. The van der Waals surface area contributed by atoms with E-state index < -0.39 is 34.7 Å². The van der Waals surface area contributed by atoms with Crippen molar-refractivity contribution in [1.82, 2.24) is 14.9 Å². The van der Waals surface area contributed by atoms with Gasteiger partial charge in [-0.1, -0.05) is 54.9 Å². The number of carbonyl (C=O) groups excluding carboxylic acids is 1. The smallest absolute Gasteiger partial charge is 0.305 e. The fourth-order valence-corrected chi connectivity index (χ4v) is 5.65. The van der Waals surface area contributed by atoms with Crippen molar-refractivity contribution in [3.05, 3.63) is 105 Å². The summed E-state index contributed by atoms with van der Waals surface area (Å²) in [6.45, 7) is 3.69. The number of hydrogen-bond acceptors (Lipinski definition) is 5. The number of thioether (sulfide) groups is 1. The van der Waals surface area contributed by atoms with E-state index in [1.807, 2.05) is 19.9 Å². The molecule has 13 heteroatoms. The normalized spacial score (nSPS) is 11.4. The lowest BCUT2D eigenvalue weighted by Crippen LogP contribution is -2.26. The number of benzene rings is 3. The van der Waals surface area contributed by atoms with Gasteiger partial charge in [-0.2, -0.15) is 0 Å². The van der Waals surface area contributed by atoms with Crippen LogP contribution in [0.25, 0.3) is 5.69 Å². The molecule has 2 N–H and O–H groups in total. The summed E-state index contributed by atoms with van der Waals surface area (Å²) < 4.78 is 51.3. The summed E-state index contributed by atoms with van der Waals surface area (Å²) in [7, 11) is 1.34. The SMILES string of the molecule is COc1cc(-n2c(C(C)(C)c3ccc(Cl)c(Cl)c3)cnc2SCc2c(F)cc(C(=O)NCCC(=O)O)cc2F)ccc1F. The molecule has 1 heterocycles. The van der Waals surface area contributed by atoms with Gasteiger partial charge in [-0.05, 0) is 42.0 Å². The molecule has 0 radical (unpaired) electrons. The molecule has 3 aromatic carbocycles. The number of rotatable bonds is 11. The van der Waals surface area contributed by atoms with Crippen molar-refractivity contribution in [2.75, 3.05) is 13.7 Å². The van der Waals surface area contributed by atoms with Gasteiger partial charge in [0.25, 0.3) is 5.91 Å². The Hall–Kier alpha value is -3.67. The number of nitrogens with one attached hydrogen (secondary N) is 1. The Bertz CT molecular complexity index is 1670. The van der Waals surface area contributed by atoms with Crippen molar-refractivity contribution < 1.29 is 32.6 Å². The largest absolute Gasteiger partial charge is 0.494 e. The van der Waals surface area contributed by atoms with Crippen LogP contribution in [0.15, 0.2) is 59.9 Å². The number of carboxylic acids is 1. The molecule has 0 saturated heterocycles. The summed E-state index contributed by atoms with van der Waals surface area (Å²) >= 11 is 13.5. The van der Waals surface area contributed by atoms with E-state index in [9.17, 15) is 14.0 Å². The Morgan fingerprint density at radius 2 is 1.72 bits per heavy atom. The fourth-order valence-electron chi connectivity index (χ4n) is 4.34. The number of aliphatic carboxylic acids is 1. The van der Waals surface area contributed by atoms with Crippen LogP contribution in [-0.4, -0.2) is 40.2 Å². The summed E-state index contributed by atoms with van der Waals surface area (Å²) in [5.74, 6) is -4.58. The first-order valence-electron chi connectivity index (χ1n) is 12.8. The third kappa shape index (κ3) is 7.11. The van der Waals surface area contributed by atoms with E-state index in [2.05, 4.69) is 10.3 Å². The van der Waals surface area contributed by atoms with Crippen LogP contribution in [0.3, 0.4) is 0 Å². The Morgan fingerprint density at radius 1 is 1.02 bits per heavy atom. The summed E-state index contributed by atoms with van der Waals surface area (Å²) in [5.41, 5.74) is 0.687. The molecule has 1 amide bonds. The van der Waals surface area contributed by atoms with Gasteiger partial charge in [0.2, 0.25) is 0 Å². The molecule has 0 fully saturated rings. The molecule has 4 aromatic rings. The topological polar surface area (TPSA) is 93.5 Å². The zero-order valence-corrected chi connectivity index (χ0v) is 25.5. The molecule has 0 saturated carbocycles. The average molecular weight is 653 g/mol. The first kappa shape index (κ1) is 32.2. The number of nitrogens with zero attached hydrogens (tertiary/aromatic N) is 2. The van der Waals surface area contributed by atoms with Crippen molar-refractivity contribution in [1.29, 1.82) is 0 Å². The first-order valence-corrected chi connectivity index (χ1v) is 14.6. The van der Waals surface area contributed by atoms with Gasteiger partial charge in [-0.25, -0.2) is 18.2 Å². The molecular formula is C30H26Cl2F3N3O4S. The number of methoxy groups -OCH3 is 1. The third-order valence-electron chi connectivity index (χ3n) is 6.78. The highest BCUT2D eigenvalue weighted by molar-refractivity contribution is 7.98. The molecule has 43 heavy (non-hydrogen) atoms. The standard InChI is InChI=1S/C30H26Cl2F3N3O4S/c1-30(2,17-4-6-20(31)21(32)12-17)26-14-37-29(38(26)18-5-7-22(33)25(13-18)42-3)43-15-19-23(34)10-16(11-24(19)35)28(41)36-9-8-27(39)40/h4-7,10-14H,8-9,15H2,1-3H3,(H,36,41)(H,39,40). The van der Waals surface area contributed by atoms with E-state index in [1.165, 1.54) is 25.3 Å². The number of carbonyl (C=O) groups is 2. The van der Waals surface area contributed by atoms with Gasteiger partial charge in [-0.3, -0.25) is 14.2 Å². The number of amides is 1. The molecule has 0 bridgehead atoms. The predicted molar refractivity (Wildman–Crippen MR) is 159 cm³/mol. The summed E-state index contributed by atoms with van der Waals surface area (Å²) in [6, 6.07) is 11.3. The van der Waals surface area contributed by atoms with E-state index in [0.717, 1.165) is 29.5 Å². The van der Waals surface area contributed by atoms with Gasteiger partial charge in [0, 0.05) is 34.9 Å². The van der Waals surface area contributed by atoms with Crippen LogP contribution < -0.4 is 10.1 Å². The lowest BCUT2D eigenvalue weighted by Gasteiger charge is -2.28. The molecule has 0 aliphatic heterocycles. The van der Waals surface area contributed by atoms with Crippen molar-refractivity contribution in [2.45, 2.75) is 36.6 Å². The van der Waals surface area contributed by atoms with Crippen molar-refractivity contribution >= 4 is 46.8 Å². The summed E-state index contributed by atoms with van der Waals surface area (Å²) in [4.78, 5) is 27.5. The van der Waals surface area contributed by atoms with Gasteiger partial charge >= 0.3 is 5.97 Å². The maximum absolute atomic E-state index is 15.0. The van der Waals surface area contributed by atoms with Gasteiger partial charge < -0.3 is 15.2 Å². The van der Waals surface area contributed by atoms with Crippen molar-refractivity contribution in [3.63, 3.8) is 0 Å². The van der Waals surface area contributed by atoms with Gasteiger partial charge in [-0.15, -0.1) is 0 Å². The van der Waals surface area contributed by atoms with Crippen LogP contribution in [-0.2, 0) is 16.0 Å². The van der Waals surface area contributed by atoms with Gasteiger partial charge in [0.15, 0.2) is 16.7 Å². The van der Waals surface area contributed by atoms with Crippen LogP contribution in [0.4, 0.5) is 13.2 Å². The van der Waals surface area contributed by atoms with E-state index >= 15 is 8.78 Å². The van der Waals surface area contributed by atoms with E-state index in [0.29, 0.717) is 26.6 Å². The Morgan fingerprint density at radius 3 is 2.35 bits per heavy atom. The Balaban J connectivity index is 1.70. The van der Waals surface area contributed by atoms with Gasteiger partial charge in [0.1, 0.15) is 11.6 Å². The molecule has 0 unspecified atom stereocenters. The molecule has 7 nitrogen and oxygen atoms in total. The minimum absolute atomic E-state index is 0.00486. The van der Waals surface area contributed by atoms with Crippen molar-refractivity contribution in [3.8, 4) is 11.4 Å². The molecular weight excluding hydrogens is 626 g/mol. The number of carboxylic acid groups (broad SMARTS) is 1. The highest BCUT2D eigenvalue weighted by atomic mass is 35.5. The second kappa shape index (κ2) is 13.3. The summed E-state index contributed by atoms with van der Waals surface area (Å²) in [5, 5.41) is 12.1. The maximum Gasteiger partial charge on any atom is 0.305 e. The quantitative estimate of drug-likeness (QED) is 0.164. The lowest BCUT2D eigenvalue weighted by atomic mass is 9.81. The maximum atomic E-state index is 15.0. The van der Waals surface area contributed by atoms with E-state index in [4.69, 9.17) is 33.0 Å². The van der Waals surface area contributed by atoms with Crippen LogP contribution >= 0.6 is 35.0 Å². The monoisotopic (exact) mass is 651 g/mol. The lowest BCUT2D eigenvalue weighted by molar-refractivity contribution is -0.136. The Labute approximate surface area is 260 Å². The molecule has 0 atom stereocenters. The molecule has 0 aliphatic carbocycles. The zero-order valence-electron chi connectivity index (χ0n) is 23.2. The van der Waals surface area contributed by atoms with E-state index in [-0.39, 0.29) is 35.6 Å².